The molecule has 0 aliphatic heterocycles. The molecule has 0 fully saturated rings. The number of hydrogen-bond acceptors (Lipinski definition) is 1. The molecule has 0 radical (unpaired) electrons. The van der Waals surface area contributed by atoms with Gasteiger partial charge in [-0.25, -0.2) is 0 Å². The minimum atomic E-state index is 0.541. The summed E-state index contributed by atoms with van der Waals surface area (Å²) >= 11 is 0. The van der Waals surface area contributed by atoms with Gasteiger partial charge in [0.1, 0.15) is 0 Å². The fourth-order valence-corrected chi connectivity index (χ4v) is 3.85. The van der Waals surface area contributed by atoms with Gasteiger partial charge in [-0.3, -0.25) is 0 Å². The normalized spacial score (nSPS) is 12.0. The maximum absolute atomic E-state index is 2.48. The van der Waals surface area contributed by atoms with Crippen molar-refractivity contribution in [3.63, 3.8) is 0 Å². The molecule has 0 amide bonds. The predicted octanol–water partition coefficient (Wildman–Crippen LogP) is 6.10. The van der Waals surface area contributed by atoms with Crippen LogP contribution in [0.3, 0.4) is 0 Å². The molecule has 1 aromatic carbocycles. The van der Waals surface area contributed by atoms with Gasteiger partial charge in [-0.05, 0) is 74.1 Å². The van der Waals surface area contributed by atoms with Gasteiger partial charge >= 0.3 is 0 Å². The third-order valence-corrected chi connectivity index (χ3v) is 5.23. The van der Waals surface area contributed by atoms with Crippen LogP contribution >= 0.6 is 0 Å². The SMILES string of the molecule is CC/C=C/N(CCC)CCc1c(C(C)C)n(C)c2cc(C)c(C)cc12. The molecule has 0 N–H and O–H groups in total. The van der Waals surface area contributed by atoms with Gasteiger partial charge in [0.05, 0.1) is 0 Å². The van der Waals surface area contributed by atoms with Crippen molar-refractivity contribution < 1.29 is 0 Å². The zero-order valence-corrected chi connectivity index (χ0v) is 17.3. The minimum Gasteiger partial charge on any atom is -0.377 e. The van der Waals surface area contributed by atoms with Crippen LogP contribution in [0.15, 0.2) is 24.4 Å². The van der Waals surface area contributed by atoms with E-state index in [4.69, 9.17) is 0 Å². The molecule has 2 rings (SSSR count). The van der Waals surface area contributed by atoms with Crippen LogP contribution in [0.5, 0.6) is 0 Å². The summed E-state index contributed by atoms with van der Waals surface area (Å²) in [7, 11) is 2.23. The van der Waals surface area contributed by atoms with E-state index in [1.54, 1.807) is 5.56 Å². The van der Waals surface area contributed by atoms with Gasteiger partial charge in [-0.15, -0.1) is 0 Å². The number of nitrogens with zero attached hydrogens (tertiary/aromatic N) is 2. The molecule has 0 bridgehead atoms. The molecular formula is C23H36N2. The lowest BCUT2D eigenvalue weighted by Crippen LogP contribution is -2.21. The molecular weight excluding hydrogens is 304 g/mol. The summed E-state index contributed by atoms with van der Waals surface area (Å²) in [6, 6.07) is 4.76. The number of hydrogen-bond donors (Lipinski definition) is 0. The molecule has 0 aliphatic carbocycles. The van der Waals surface area contributed by atoms with E-state index in [1.807, 2.05) is 0 Å². The van der Waals surface area contributed by atoms with E-state index >= 15 is 0 Å². The van der Waals surface area contributed by atoms with Crippen molar-refractivity contribution in [1.29, 1.82) is 0 Å². The Balaban J connectivity index is 2.43. The second kappa shape index (κ2) is 8.60. The monoisotopic (exact) mass is 340 g/mol. The number of benzene rings is 1. The van der Waals surface area contributed by atoms with E-state index in [0.717, 1.165) is 25.9 Å². The van der Waals surface area contributed by atoms with E-state index in [2.05, 4.69) is 82.5 Å². The fourth-order valence-electron chi connectivity index (χ4n) is 3.85. The van der Waals surface area contributed by atoms with E-state index < -0.39 is 0 Å². The Labute approximate surface area is 154 Å². The summed E-state index contributed by atoms with van der Waals surface area (Å²) in [5.74, 6) is 0.541. The average molecular weight is 341 g/mol. The first-order valence-corrected chi connectivity index (χ1v) is 9.89. The van der Waals surface area contributed by atoms with Crippen molar-refractivity contribution in [1.82, 2.24) is 9.47 Å². The first-order valence-electron chi connectivity index (χ1n) is 9.89. The molecule has 2 aromatic rings. The van der Waals surface area contributed by atoms with Gasteiger partial charge in [-0.1, -0.05) is 33.8 Å². The number of aromatic nitrogens is 1. The van der Waals surface area contributed by atoms with Gasteiger partial charge in [0, 0.05) is 36.7 Å². The number of rotatable bonds is 8. The molecule has 0 spiro atoms. The number of allylic oxidation sites excluding steroid dienone is 1. The van der Waals surface area contributed by atoms with Gasteiger partial charge in [0.15, 0.2) is 0 Å². The second-order valence-electron chi connectivity index (χ2n) is 7.61. The second-order valence-corrected chi connectivity index (χ2v) is 7.61. The van der Waals surface area contributed by atoms with E-state index in [9.17, 15) is 0 Å². The smallest absolute Gasteiger partial charge is 0.0485 e. The highest BCUT2D eigenvalue weighted by Crippen LogP contribution is 2.32. The zero-order chi connectivity index (χ0) is 18.6. The summed E-state index contributed by atoms with van der Waals surface area (Å²) in [5.41, 5.74) is 7.20. The average Bonchev–Trinajstić information content (AvgIpc) is 2.82. The minimum absolute atomic E-state index is 0.541. The van der Waals surface area contributed by atoms with Crippen LogP contribution in [-0.4, -0.2) is 22.6 Å². The van der Waals surface area contributed by atoms with Gasteiger partial charge < -0.3 is 9.47 Å². The highest BCUT2D eigenvalue weighted by atomic mass is 15.1. The first kappa shape index (κ1) is 19.6. The van der Waals surface area contributed by atoms with Crippen LogP contribution in [0.2, 0.25) is 0 Å². The van der Waals surface area contributed by atoms with Crippen molar-refractivity contribution in [2.75, 3.05) is 13.1 Å². The summed E-state index contributed by atoms with van der Waals surface area (Å²) in [5, 5.41) is 1.45. The third-order valence-electron chi connectivity index (χ3n) is 5.23. The van der Waals surface area contributed by atoms with E-state index in [-0.39, 0.29) is 0 Å². The first-order chi connectivity index (χ1) is 11.9. The van der Waals surface area contributed by atoms with Crippen molar-refractivity contribution in [2.24, 2.45) is 7.05 Å². The van der Waals surface area contributed by atoms with Crippen LogP contribution < -0.4 is 0 Å². The lowest BCUT2D eigenvalue weighted by molar-refractivity contribution is 0.378. The van der Waals surface area contributed by atoms with Crippen LogP contribution in [0, 0.1) is 13.8 Å². The maximum Gasteiger partial charge on any atom is 0.0485 e. The van der Waals surface area contributed by atoms with Crippen LogP contribution in [0.4, 0.5) is 0 Å². The molecule has 138 valence electrons. The van der Waals surface area contributed by atoms with Crippen LogP contribution in [0.1, 0.15) is 68.8 Å². The Morgan fingerprint density at radius 2 is 1.76 bits per heavy atom. The lowest BCUT2D eigenvalue weighted by atomic mass is 9.98. The molecule has 0 aliphatic rings. The van der Waals surface area contributed by atoms with Crippen molar-refractivity contribution >= 4 is 10.9 Å². The molecule has 2 heteroatoms. The standard InChI is InChI=1S/C23H36N2/c1-8-10-13-25(12-9-2)14-11-20-21-15-18(5)19(6)16-22(21)24(7)23(20)17(3)4/h10,13,15-17H,8-9,11-12,14H2,1-7H3/b13-10+. The summed E-state index contributed by atoms with van der Waals surface area (Å²) in [6.45, 7) is 15.8. The zero-order valence-electron chi connectivity index (χ0n) is 17.3. The molecule has 25 heavy (non-hydrogen) atoms. The molecule has 0 saturated carbocycles. The van der Waals surface area contributed by atoms with Gasteiger partial charge in [0.25, 0.3) is 0 Å². The molecule has 0 saturated heterocycles. The molecule has 0 unspecified atom stereocenters. The van der Waals surface area contributed by atoms with Crippen molar-refractivity contribution in [3.8, 4) is 0 Å². The largest absolute Gasteiger partial charge is 0.377 e. The quantitative estimate of drug-likeness (QED) is 0.564. The van der Waals surface area contributed by atoms with Gasteiger partial charge in [0.2, 0.25) is 0 Å². The molecule has 0 atom stereocenters. The van der Waals surface area contributed by atoms with Crippen molar-refractivity contribution in [3.05, 3.63) is 46.8 Å². The Morgan fingerprint density at radius 1 is 1.08 bits per heavy atom. The van der Waals surface area contributed by atoms with Crippen molar-refractivity contribution in [2.45, 2.75) is 66.7 Å². The Bertz CT molecular complexity index is 734. The molecule has 1 aromatic heterocycles. The Hall–Kier alpha value is -1.70. The number of aryl methyl sites for hydroxylation is 3. The molecule has 1 heterocycles. The third kappa shape index (κ3) is 4.29. The van der Waals surface area contributed by atoms with Crippen LogP contribution in [0.25, 0.3) is 10.9 Å². The summed E-state index contributed by atoms with van der Waals surface area (Å²) in [6.07, 6.45) is 7.97. The Morgan fingerprint density at radius 3 is 2.36 bits per heavy atom. The maximum atomic E-state index is 2.48. The van der Waals surface area contributed by atoms with Crippen LogP contribution in [-0.2, 0) is 13.5 Å². The topological polar surface area (TPSA) is 8.17 Å². The predicted molar refractivity (Wildman–Crippen MR) is 111 cm³/mol. The Kier molecular flexibility index (Phi) is 6.75. The summed E-state index contributed by atoms with van der Waals surface area (Å²) in [4.78, 5) is 2.48. The lowest BCUT2D eigenvalue weighted by Gasteiger charge is -2.20. The highest BCUT2D eigenvalue weighted by molar-refractivity contribution is 5.87. The highest BCUT2D eigenvalue weighted by Gasteiger charge is 2.18. The number of fused-ring (bicyclic) bond motifs is 1. The van der Waals surface area contributed by atoms with Gasteiger partial charge in [-0.2, -0.15) is 0 Å². The molecule has 2 nitrogen and oxygen atoms in total. The van der Waals surface area contributed by atoms with E-state index in [1.165, 1.54) is 34.1 Å². The summed E-state index contributed by atoms with van der Waals surface area (Å²) < 4.78 is 2.42. The van der Waals surface area contributed by atoms with E-state index in [0.29, 0.717) is 5.92 Å². The fraction of sp³-hybridized carbons (Fsp3) is 0.565.